The van der Waals surface area contributed by atoms with Gasteiger partial charge in [-0.15, -0.1) is 0 Å². The maximum Gasteiger partial charge on any atom is 0.342 e. The Labute approximate surface area is 246 Å². The van der Waals surface area contributed by atoms with Crippen LogP contribution in [0.25, 0.3) is 11.8 Å². The van der Waals surface area contributed by atoms with Crippen LogP contribution in [0, 0.1) is 24.7 Å². The Balaban J connectivity index is 1.68. The molecule has 1 aromatic carbocycles. The number of aliphatic imine (C=N–C) groups is 1. The van der Waals surface area contributed by atoms with Gasteiger partial charge in [0.25, 0.3) is 0 Å². The molecule has 0 radical (unpaired) electrons. The van der Waals surface area contributed by atoms with Crippen molar-refractivity contribution in [3.05, 3.63) is 52.2 Å². The van der Waals surface area contributed by atoms with Crippen LogP contribution in [0.1, 0.15) is 80.2 Å². The molecule has 1 fully saturated rings. The molecule has 12 heteroatoms. The van der Waals surface area contributed by atoms with Gasteiger partial charge in [0, 0.05) is 23.7 Å². The Morgan fingerprint density at radius 1 is 1.07 bits per heavy atom. The molecule has 0 spiro atoms. The van der Waals surface area contributed by atoms with E-state index in [1.165, 1.54) is 13.8 Å². The number of amidine groups is 1. The van der Waals surface area contributed by atoms with Crippen molar-refractivity contribution in [3.63, 3.8) is 0 Å². The molecule has 0 bridgehead atoms. The number of H-pyrrole nitrogens is 1. The fraction of sp³-hybridized carbons (Fsp3) is 0.467. The van der Waals surface area contributed by atoms with Crippen molar-refractivity contribution in [2.24, 2.45) is 22.7 Å². The third-order valence-electron chi connectivity index (χ3n) is 7.70. The van der Waals surface area contributed by atoms with Gasteiger partial charge in [-0.2, -0.15) is 0 Å². The summed E-state index contributed by atoms with van der Waals surface area (Å²) in [5.74, 6) is 0.0859. The number of nitrogens with zero attached hydrogens (tertiary/aromatic N) is 1. The number of esters is 1. The molecule has 3 atom stereocenters. The molecule has 226 valence electrons. The van der Waals surface area contributed by atoms with Crippen LogP contribution in [0.15, 0.2) is 29.3 Å². The number of amides is 2. The zero-order valence-corrected chi connectivity index (χ0v) is 25.8. The number of nitrogens with one attached hydrogen (secondary N) is 4. The molecule has 1 aliphatic carbocycles. The van der Waals surface area contributed by atoms with Crippen LogP contribution in [0.2, 0.25) is 0 Å². The second-order valence-electron chi connectivity index (χ2n) is 11.6. The molecule has 42 heavy (non-hydrogen) atoms. The lowest BCUT2D eigenvalue weighted by atomic mass is 9.75. The van der Waals surface area contributed by atoms with Crippen LogP contribution in [0.4, 0.5) is 5.82 Å². The molecule has 1 saturated carbocycles. The molecule has 2 aliphatic rings. The number of ether oxygens (including phenoxy) is 1. The van der Waals surface area contributed by atoms with Gasteiger partial charge >= 0.3 is 5.97 Å². The van der Waals surface area contributed by atoms with Gasteiger partial charge in [-0.1, -0.05) is 45.0 Å². The summed E-state index contributed by atoms with van der Waals surface area (Å²) in [5.41, 5.74) is 3.26. The number of hydrogen-bond donors (Lipinski definition) is 4. The van der Waals surface area contributed by atoms with E-state index in [-0.39, 0.29) is 41.1 Å². The first-order valence-corrected chi connectivity index (χ1v) is 15.9. The smallest absolute Gasteiger partial charge is 0.342 e. The van der Waals surface area contributed by atoms with E-state index in [2.05, 4.69) is 46.1 Å². The average molecular weight is 598 g/mol. The lowest BCUT2D eigenvalue weighted by molar-refractivity contribution is -0.121. The molecule has 4 N–H and O–H groups in total. The van der Waals surface area contributed by atoms with Gasteiger partial charge < -0.3 is 20.4 Å². The van der Waals surface area contributed by atoms with E-state index in [1.54, 1.807) is 25.1 Å². The summed E-state index contributed by atoms with van der Waals surface area (Å²) in [6.45, 7) is 11.0. The van der Waals surface area contributed by atoms with E-state index in [4.69, 9.17) is 4.74 Å². The summed E-state index contributed by atoms with van der Waals surface area (Å²) in [6, 6.07) is 6.27. The van der Waals surface area contributed by atoms with E-state index in [9.17, 15) is 22.8 Å². The van der Waals surface area contributed by atoms with Gasteiger partial charge in [-0.3, -0.25) is 9.59 Å². The Morgan fingerprint density at radius 2 is 1.69 bits per heavy atom. The molecule has 2 heterocycles. The number of carbonyl (C=O) groups excluding carboxylic acids is 3. The first-order chi connectivity index (χ1) is 19.6. The zero-order chi connectivity index (χ0) is 30.9. The minimum Gasteiger partial charge on any atom is -0.458 e. The Hall–Kier alpha value is -3.77. The van der Waals surface area contributed by atoms with Gasteiger partial charge in [-0.25, -0.2) is 22.9 Å². The molecule has 2 aromatic rings. The second-order valence-corrected chi connectivity index (χ2v) is 13.4. The Morgan fingerprint density at radius 3 is 2.29 bits per heavy atom. The number of aromatic amines is 1. The number of anilines is 1. The maximum absolute atomic E-state index is 13.6. The summed E-state index contributed by atoms with van der Waals surface area (Å²) in [5, 5.41) is 5.43. The molecule has 2 amide bonds. The quantitative estimate of drug-likeness (QED) is 0.355. The summed E-state index contributed by atoms with van der Waals surface area (Å²) < 4.78 is 31.5. The molecular formula is C30H39N5O6S. The number of rotatable bonds is 7. The Kier molecular flexibility index (Phi) is 9.07. The predicted octanol–water partition coefficient (Wildman–Crippen LogP) is 3.82. The molecule has 1 aromatic heterocycles. The van der Waals surface area contributed by atoms with Gasteiger partial charge in [0.1, 0.15) is 23.3 Å². The number of hydrogen-bond acceptors (Lipinski definition) is 7. The fourth-order valence-electron chi connectivity index (χ4n) is 5.99. The number of aromatic nitrogens is 1. The zero-order valence-electron chi connectivity index (χ0n) is 25.0. The monoisotopic (exact) mass is 597 g/mol. The van der Waals surface area contributed by atoms with Crippen molar-refractivity contribution >= 4 is 51.2 Å². The standard InChI is InChI=1S/C30H39N5O6S/c1-15-12-16(2)26(17(3)13-15)41-30(38)25-18(4)23(32-28(25)31-20(6)36)14-24-21-10-8-9-11-22(21)27(33-24)34-29(37)19(5)35-42(7,39)40/h8-11,14-17,19,26,32,35H,12-13H2,1-7H3,(H,31,36)(H,33,34,37)/b24-14-. The molecule has 11 nitrogen and oxygen atoms in total. The number of sulfonamides is 1. The summed E-state index contributed by atoms with van der Waals surface area (Å²) >= 11 is 0. The summed E-state index contributed by atoms with van der Waals surface area (Å²) in [4.78, 5) is 46.1. The second kappa shape index (κ2) is 12.2. The van der Waals surface area contributed by atoms with Crippen LogP contribution in [-0.4, -0.2) is 55.4 Å². The van der Waals surface area contributed by atoms with Crippen molar-refractivity contribution in [3.8, 4) is 0 Å². The number of fused-ring (bicyclic) bond motifs is 1. The van der Waals surface area contributed by atoms with Crippen LogP contribution in [0.5, 0.6) is 0 Å². The molecular weight excluding hydrogens is 558 g/mol. The van der Waals surface area contributed by atoms with Crippen LogP contribution in [-0.2, 0) is 24.3 Å². The molecule has 0 saturated heterocycles. The van der Waals surface area contributed by atoms with Crippen molar-refractivity contribution in [2.75, 3.05) is 11.6 Å². The minimum atomic E-state index is -3.59. The largest absolute Gasteiger partial charge is 0.458 e. The first-order valence-electron chi connectivity index (χ1n) is 14.0. The lowest BCUT2D eigenvalue weighted by Crippen LogP contribution is -2.46. The molecule has 3 unspecified atom stereocenters. The van der Waals surface area contributed by atoms with Crippen molar-refractivity contribution in [1.82, 2.24) is 15.0 Å². The van der Waals surface area contributed by atoms with Crippen molar-refractivity contribution in [2.45, 2.75) is 66.5 Å². The van der Waals surface area contributed by atoms with E-state index >= 15 is 0 Å². The molecule has 1 aliphatic heterocycles. The predicted molar refractivity (Wildman–Crippen MR) is 162 cm³/mol. The maximum atomic E-state index is 13.6. The van der Waals surface area contributed by atoms with Crippen molar-refractivity contribution in [1.29, 1.82) is 0 Å². The van der Waals surface area contributed by atoms with Gasteiger partial charge in [0.15, 0.2) is 0 Å². The third-order valence-corrected chi connectivity index (χ3v) is 8.49. The SMILES string of the molecule is CC(=O)Nc1[nH]c(/C=C2\N=C(NC(=O)C(C)NS(C)(=O)=O)c3ccccc32)c(C)c1C(=O)OC1C(C)CC(C)CC1C. The van der Waals surface area contributed by atoms with Crippen LogP contribution >= 0.6 is 0 Å². The van der Waals surface area contributed by atoms with E-state index in [0.717, 1.165) is 24.7 Å². The van der Waals surface area contributed by atoms with Gasteiger partial charge in [0.05, 0.1) is 18.0 Å². The van der Waals surface area contributed by atoms with Gasteiger partial charge in [-0.05, 0) is 56.1 Å². The minimum absolute atomic E-state index is 0.214. The highest BCUT2D eigenvalue weighted by atomic mass is 32.2. The number of benzene rings is 1. The van der Waals surface area contributed by atoms with Crippen LogP contribution in [0.3, 0.4) is 0 Å². The summed E-state index contributed by atoms with van der Waals surface area (Å²) in [6.07, 6.45) is 4.44. The topological polar surface area (TPSA) is 159 Å². The van der Waals surface area contributed by atoms with Crippen molar-refractivity contribution < 1.29 is 27.5 Å². The van der Waals surface area contributed by atoms with E-state index < -0.39 is 27.9 Å². The highest BCUT2D eigenvalue weighted by Gasteiger charge is 2.36. The van der Waals surface area contributed by atoms with E-state index in [0.29, 0.717) is 28.4 Å². The van der Waals surface area contributed by atoms with Gasteiger partial charge in [0.2, 0.25) is 21.8 Å². The molecule has 4 rings (SSSR count). The normalized spacial score (nSPS) is 23.6. The number of carbonyl (C=O) groups is 3. The highest BCUT2D eigenvalue weighted by Crippen LogP contribution is 2.37. The van der Waals surface area contributed by atoms with E-state index in [1.807, 2.05) is 12.1 Å². The lowest BCUT2D eigenvalue weighted by Gasteiger charge is -2.37. The average Bonchev–Trinajstić information content (AvgIpc) is 3.36. The highest BCUT2D eigenvalue weighted by molar-refractivity contribution is 7.88. The van der Waals surface area contributed by atoms with Crippen LogP contribution < -0.4 is 15.4 Å². The fourth-order valence-corrected chi connectivity index (χ4v) is 6.74. The summed E-state index contributed by atoms with van der Waals surface area (Å²) in [7, 11) is -3.59. The third kappa shape index (κ3) is 6.99. The first kappa shape index (κ1) is 31.2. The Bertz CT molecular complexity index is 1560.